The normalized spacial score (nSPS) is 19.4. The van der Waals surface area contributed by atoms with E-state index in [0.717, 1.165) is 25.9 Å². The second kappa shape index (κ2) is 4.95. The molecule has 0 spiro atoms. The van der Waals surface area contributed by atoms with E-state index in [1.54, 1.807) is 0 Å². The van der Waals surface area contributed by atoms with Crippen LogP contribution in [0.25, 0.3) is 0 Å². The van der Waals surface area contributed by atoms with E-state index in [-0.39, 0.29) is 5.92 Å². The van der Waals surface area contributed by atoms with Crippen LogP contribution in [0.5, 0.6) is 0 Å². The van der Waals surface area contributed by atoms with Crippen LogP contribution in [0.1, 0.15) is 24.3 Å². The molecule has 1 aromatic rings. The van der Waals surface area contributed by atoms with Gasteiger partial charge in [0.15, 0.2) is 0 Å². The molecule has 15 heavy (non-hydrogen) atoms. The van der Waals surface area contributed by atoms with Crippen LogP contribution >= 0.6 is 0 Å². The van der Waals surface area contributed by atoms with E-state index >= 15 is 0 Å². The van der Waals surface area contributed by atoms with Gasteiger partial charge < -0.3 is 5.32 Å². The number of piperidine rings is 1. The first-order chi connectivity index (χ1) is 7.42. The van der Waals surface area contributed by atoms with Gasteiger partial charge in [0, 0.05) is 0 Å². The molecule has 0 saturated carbocycles. The predicted octanol–water partition coefficient (Wildman–Crippen LogP) is 2.29. The molecule has 0 radical (unpaired) electrons. The van der Waals surface area contributed by atoms with Gasteiger partial charge in [0.1, 0.15) is 0 Å². The van der Waals surface area contributed by atoms with Crippen LogP contribution in [-0.2, 0) is 0 Å². The topological polar surface area (TPSA) is 35.8 Å². The predicted molar refractivity (Wildman–Crippen MR) is 60.4 cm³/mol. The second-order valence-electron chi connectivity index (χ2n) is 4.10. The number of hydrogen-bond donors (Lipinski definition) is 1. The number of nitrogens with zero attached hydrogens (tertiary/aromatic N) is 1. The lowest BCUT2D eigenvalue weighted by Crippen LogP contribution is -2.30. The molecule has 1 heterocycles. The van der Waals surface area contributed by atoms with Crippen molar-refractivity contribution in [1.82, 2.24) is 5.32 Å². The fourth-order valence-corrected chi connectivity index (χ4v) is 2.29. The molecule has 1 saturated heterocycles. The first-order valence-corrected chi connectivity index (χ1v) is 5.57. The van der Waals surface area contributed by atoms with E-state index in [4.69, 9.17) is 0 Å². The molecule has 1 aliphatic rings. The van der Waals surface area contributed by atoms with Crippen LogP contribution in [0.3, 0.4) is 0 Å². The van der Waals surface area contributed by atoms with Crippen molar-refractivity contribution in [3.05, 3.63) is 35.9 Å². The lowest BCUT2D eigenvalue weighted by atomic mass is 9.81. The van der Waals surface area contributed by atoms with Gasteiger partial charge in [-0.2, -0.15) is 5.26 Å². The molecule has 2 rings (SSSR count). The van der Waals surface area contributed by atoms with Gasteiger partial charge in [-0.25, -0.2) is 0 Å². The van der Waals surface area contributed by atoms with Gasteiger partial charge in [-0.3, -0.25) is 0 Å². The Morgan fingerprint density at radius 2 is 1.87 bits per heavy atom. The molecular formula is C13H16N2. The molecule has 1 atom stereocenters. The monoisotopic (exact) mass is 200 g/mol. The average Bonchev–Trinajstić information content (AvgIpc) is 2.33. The summed E-state index contributed by atoms with van der Waals surface area (Å²) in [7, 11) is 0. The molecule has 0 bridgehead atoms. The van der Waals surface area contributed by atoms with E-state index in [0.29, 0.717) is 5.92 Å². The Morgan fingerprint density at radius 3 is 2.47 bits per heavy atom. The summed E-state index contributed by atoms with van der Waals surface area (Å²) in [5, 5.41) is 12.6. The molecule has 1 fully saturated rings. The molecule has 0 aliphatic carbocycles. The third-order valence-corrected chi connectivity index (χ3v) is 3.15. The summed E-state index contributed by atoms with van der Waals surface area (Å²) in [5.74, 6) is 0.604. The standard InChI is InChI=1S/C13H16N2/c14-10-13(11-4-2-1-3-5-11)12-6-8-15-9-7-12/h1-5,12-13,15H,6-9H2/t13-/m0/s1. The average molecular weight is 200 g/mol. The Morgan fingerprint density at radius 1 is 1.20 bits per heavy atom. The zero-order chi connectivity index (χ0) is 10.5. The number of nitrogens with one attached hydrogen (secondary N) is 1. The zero-order valence-corrected chi connectivity index (χ0v) is 8.82. The van der Waals surface area contributed by atoms with Crippen molar-refractivity contribution in [3.8, 4) is 6.07 Å². The van der Waals surface area contributed by atoms with E-state index in [1.165, 1.54) is 5.56 Å². The molecule has 0 unspecified atom stereocenters. The van der Waals surface area contributed by atoms with Gasteiger partial charge >= 0.3 is 0 Å². The maximum Gasteiger partial charge on any atom is 0.0741 e. The van der Waals surface area contributed by atoms with E-state index in [1.807, 2.05) is 18.2 Å². The van der Waals surface area contributed by atoms with Crippen molar-refractivity contribution in [2.24, 2.45) is 5.92 Å². The van der Waals surface area contributed by atoms with Crippen LogP contribution in [0.15, 0.2) is 30.3 Å². The lowest BCUT2D eigenvalue weighted by molar-refractivity contribution is 0.351. The van der Waals surface area contributed by atoms with Crippen molar-refractivity contribution in [2.45, 2.75) is 18.8 Å². The number of rotatable bonds is 2. The molecule has 0 amide bonds. The maximum atomic E-state index is 9.26. The first-order valence-electron chi connectivity index (χ1n) is 5.57. The zero-order valence-electron chi connectivity index (χ0n) is 8.82. The van der Waals surface area contributed by atoms with Crippen LogP contribution in [0, 0.1) is 17.2 Å². The molecule has 2 heteroatoms. The van der Waals surface area contributed by atoms with Crippen LogP contribution in [-0.4, -0.2) is 13.1 Å². The minimum atomic E-state index is 0.0771. The summed E-state index contributed by atoms with van der Waals surface area (Å²) >= 11 is 0. The number of benzene rings is 1. The van der Waals surface area contributed by atoms with Crippen molar-refractivity contribution in [1.29, 1.82) is 5.26 Å². The molecule has 78 valence electrons. The molecular weight excluding hydrogens is 184 g/mol. The third kappa shape index (κ3) is 2.37. The van der Waals surface area contributed by atoms with Crippen molar-refractivity contribution in [3.63, 3.8) is 0 Å². The number of hydrogen-bond acceptors (Lipinski definition) is 2. The van der Waals surface area contributed by atoms with E-state index in [9.17, 15) is 5.26 Å². The highest BCUT2D eigenvalue weighted by molar-refractivity contribution is 5.25. The van der Waals surface area contributed by atoms with Gasteiger partial charge in [-0.05, 0) is 37.4 Å². The smallest absolute Gasteiger partial charge is 0.0741 e. The fourth-order valence-electron chi connectivity index (χ4n) is 2.29. The maximum absolute atomic E-state index is 9.26. The third-order valence-electron chi connectivity index (χ3n) is 3.15. The Bertz CT molecular complexity index is 333. The SMILES string of the molecule is N#C[C@@H](c1ccccc1)C1CCNCC1. The Balaban J connectivity index is 2.14. The highest BCUT2D eigenvalue weighted by Crippen LogP contribution is 2.30. The molecule has 2 nitrogen and oxygen atoms in total. The molecule has 1 aromatic carbocycles. The van der Waals surface area contributed by atoms with Crippen molar-refractivity contribution in [2.75, 3.05) is 13.1 Å². The van der Waals surface area contributed by atoms with Gasteiger partial charge in [0.05, 0.1) is 12.0 Å². The van der Waals surface area contributed by atoms with E-state index in [2.05, 4.69) is 23.5 Å². The summed E-state index contributed by atoms with van der Waals surface area (Å²) in [6.07, 6.45) is 2.24. The second-order valence-corrected chi connectivity index (χ2v) is 4.10. The van der Waals surface area contributed by atoms with Crippen molar-refractivity contribution >= 4 is 0 Å². The highest BCUT2D eigenvalue weighted by Gasteiger charge is 2.24. The quantitative estimate of drug-likeness (QED) is 0.795. The van der Waals surface area contributed by atoms with Crippen LogP contribution < -0.4 is 5.32 Å². The van der Waals surface area contributed by atoms with Crippen LogP contribution in [0.4, 0.5) is 0 Å². The lowest BCUT2D eigenvalue weighted by Gasteiger charge is -2.26. The molecule has 1 aliphatic heterocycles. The summed E-state index contributed by atoms with van der Waals surface area (Å²) < 4.78 is 0. The van der Waals surface area contributed by atoms with E-state index < -0.39 is 0 Å². The first kappa shape index (κ1) is 10.2. The van der Waals surface area contributed by atoms with Gasteiger partial charge in [0.2, 0.25) is 0 Å². The Kier molecular flexibility index (Phi) is 3.37. The fraction of sp³-hybridized carbons (Fsp3) is 0.462. The minimum Gasteiger partial charge on any atom is -0.317 e. The summed E-state index contributed by atoms with van der Waals surface area (Å²) in [5.41, 5.74) is 1.17. The largest absolute Gasteiger partial charge is 0.317 e. The Labute approximate surface area is 90.9 Å². The van der Waals surface area contributed by atoms with Gasteiger partial charge in [-0.15, -0.1) is 0 Å². The highest BCUT2D eigenvalue weighted by atomic mass is 14.9. The van der Waals surface area contributed by atoms with Crippen molar-refractivity contribution < 1.29 is 0 Å². The van der Waals surface area contributed by atoms with Gasteiger partial charge in [-0.1, -0.05) is 30.3 Å². The Hall–Kier alpha value is -1.33. The van der Waals surface area contributed by atoms with Crippen LogP contribution in [0.2, 0.25) is 0 Å². The molecule has 0 aromatic heterocycles. The minimum absolute atomic E-state index is 0.0771. The summed E-state index contributed by atoms with van der Waals surface area (Å²) in [6, 6.07) is 12.6. The molecule has 1 N–H and O–H groups in total. The van der Waals surface area contributed by atoms with Gasteiger partial charge in [0.25, 0.3) is 0 Å². The summed E-state index contributed by atoms with van der Waals surface area (Å²) in [4.78, 5) is 0. The summed E-state index contributed by atoms with van der Waals surface area (Å²) in [6.45, 7) is 2.10. The number of nitriles is 1.